The minimum atomic E-state index is -0.933. The van der Waals surface area contributed by atoms with Gasteiger partial charge in [-0.2, -0.15) is 0 Å². The van der Waals surface area contributed by atoms with Crippen LogP contribution in [-0.4, -0.2) is 89.8 Å². The second-order valence-corrected chi connectivity index (χ2v) is 10.8. The molecule has 1 spiro atoms. The number of benzene rings is 1. The zero-order valence-electron chi connectivity index (χ0n) is 19.9. The molecule has 1 aromatic carbocycles. The maximum atomic E-state index is 13.1. The highest BCUT2D eigenvalue weighted by Crippen LogP contribution is 2.43. The van der Waals surface area contributed by atoms with E-state index in [9.17, 15) is 19.2 Å². The SMILES string of the molecule is NN1CCC(N2CC3(CCN(c4ccc5c(c4)C(=O)N(C4CCC(=O)NC4=O)C5=O)CC3)C2)CC1. The fourth-order valence-electron chi connectivity index (χ4n) is 6.54. The molecule has 3 N–H and O–H groups in total. The van der Waals surface area contributed by atoms with Gasteiger partial charge in [-0.15, -0.1) is 0 Å². The minimum Gasteiger partial charge on any atom is -0.371 e. The van der Waals surface area contributed by atoms with Crippen LogP contribution >= 0.6 is 0 Å². The second kappa shape index (κ2) is 8.39. The molecule has 0 bridgehead atoms. The molecule has 5 heterocycles. The number of nitrogens with two attached hydrogens (primary N) is 1. The largest absolute Gasteiger partial charge is 0.371 e. The zero-order chi connectivity index (χ0) is 24.3. The number of fused-ring (bicyclic) bond motifs is 1. The molecule has 5 aliphatic rings. The van der Waals surface area contributed by atoms with Gasteiger partial charge in [0.15, 0.2) is 0 Å². The van der Waals surface area contributed by atoms with Crippen molar-refractivity contribution in [3.8, 4) is 0 Å². The van der Waals surface area contributed by atoms with Gasteiger partial charge in [0.25, 0.3) is 11.8 Å². The van der Waals surface area contributed by atoms with Crippen LogP contribution in [0.5, 0.6) is 0 Å². The first-order valence-corrected chi connectivity index (χ1v) is 12.7. The lowest BCUT2D eigenvalue weighted by atomic mass is 9.71. The lowest BCUT2D eigenvalue weighted by Gasteiger charge is -2.57. The summed E-state index contributed by atoms with van der Waals surface area (Å²) in [6, 6.07) is 5.13. The molecule has 0 aliphatic carbocycles. The van der Waals surface area contributed by atoms with Gasteiger partial charge in [0.1, 0.15) is 6.04 Å². The number of amides is 4. The van der Waals surface area contributed by atoms with Gasteiger partial charge in [0.05, 0.1) is 11.1 Å². The molecule has 0 saturated carbocycles. The molecule has 10 heteroatoms. The van der Waals surface area contributed by atoms with E-state index in [0.717, 1.165) is 75.5 Å². The van der Waals surface area contributed by atoms with Gasteiger partial charge in [0, 0.05) is 57.4 Å². The van der Waals surface area contributed by atoms with Crippen molar-refractivity contribution < 1.29 is 19.2 Å². The minimum absolute atomic E-state index is 0.119. The van der Waals surface area contributed by atoms with Crippen molar-refractivity contribution in [3.05, 3.63) is 29.3 Å². The summed E-state index contributed by atoms with van der Waals surface area (Å²) >= 11 is 0. The third-order valence-electron chi connectivity index (χ3n) is 8.71. The molecule has 6 rings (SSSR count). The summed E-state index contributed by atoms with van der Waals surface area (Å²) in [4.78, 5) is 55.8. The van der Waals surface area contributed by atoms with Gasteiger partial charge < -0.3 is 4.90 Å². The Morgan fingerprint density at radius 3 is 2.26 bits per heavy atom. The van der Waals surface area contributed by atoms with Crippen LogP contribution in [0, 0.1) is 5.41 Å². The van der Waals surface area contributed by atoms with E-state index >= 15 is 0 Å². The average Bonchev–Trinajstić information content (AvgIpc) is 3.08. The number of carbonyl (C=O) groups excluding carboxylic acids is 4. The van der Waals surface area contributed by atoms with E-state index in [1.165, 1.54) is 0 Å². The molecule has 5 aliphatic heterocycles. The standard InChI is InChI=1S/C25H32N6O4/c26-30-9-5-16(6-10-30)29-14-25(15-29)7-11-28(12-8-25)17-1-2-18-19(13-17)24(35)31(23(18)34)20-3-4-21(32)27-22(20)33/h1-2,13,16,20H,3-12,14-15,26H2,(H,27,32,33). The number of carbonyl (C=O) groups is 4. The topological polar surface area (TPSA) is 119 Å². The summed E-state index contributed by atoms with van der Waals surface area (Å²) in [7, 11) is 0. The van der Waals surface area contributed by atoms with Crippen LogP contribution in [0.2, 0.25) is 0 Å². The zero-order valence-corrected chi connectivity index (χ0v) is 19.9. The quantitative estimate of drug-likeness (QED) is 0.469. The third kappa shape index (κ3) is 3.84. The highest BCUT2D eigenvalue weighted by molar-refractivity contribution is 6.23. The van der Waals surface area contributed by atoms with E-state index in [2.05, 4.69) is 15.1 Å². The second-order valence-electron chi connectivity index (χ2n) is 10.8. The number of likely N-dealkylation sites (tertiary alicyclic amines) is 1. The van der Waals surface area contributed by atoms with Gasteiger partial charge in [-0.25, -0.2) is 5.01 Å². The number of imide groups is 2. The molecule has 4 saturated heterocycles. The van der Waals surface area contributed by atoms with Crippen molar-refractivity contribution in [2.24, 2.45) is 11.3 Å². The number of anilines is 1. The van der Waals surface area contributed by atoms with E-state index in [4.69, 9.17) is 5.84 Å². The smallest absolute Gasteiger partial charge is 0.262 e. The summed E-state index contributed by atoms with van der Waals surface area (Å²) in [6.07, 6.45) is 4.82. The highest BCUT2D eigenvalue weighted by atomic mass is 16.2. The van der Waals surface area contributed by atoms with E-state index in [-0.39, 0.29) is 18.7 Å². The van der Waals surface area contributed by atoms with Crippen LogP contribution in [0.1, 0.15) is 59.2 Å². The molecule has 4 amide bonds. The van der Waals surface area contributed by atoms with Crippen LogP contribution in [0.4, 0.5) is 5.69 Å². The van der Waals surface area contributed by atoms with Crippen LogP contribution in [-0.2, 0) is 9.59 Å². The fraction of sp³-hybridized carbons (Fsp3) is 0.600. The van der Waals surface area contributed by atoms with Crippen molar-refractivity contribution >= 4 is 29.3 Å². The van der Waals surface area contributed by atoms with Crippen molar-refractivity contribution in [1.29, 1.82) is 0 Å². The highest BCUT2D eigenvalue weighted by Gasteiger charge is 2.48. The van der Waals surface area contributed by atoms with E-state index in [1.54, 1.807) is 12.1 Å². The van der Waals surface area contributed by atoms with Crippen molar-refractivity contribution in [2.45, 2.75) is 50.6 Å². The molecule has 4 fully saturated rings. The first kappa shape index (κ1) is 22.6. The monoisotopic (exact) mass is 480 g/mol. The first-order valence-electron chi connectivity index (χ1n) is 12.7. The fourth-order valence-corrected chi connectivity index (χ4v) is 6.54. The molecule has 0 radical (unpaired) electrons. The van der Waals surface area contributed by atoms with Crippen LogP contribution in [0.25, 0.3) is 0 Å². The lowest BCUT2D eigenvalue weighted by molar-refractivity contribution is -0.136. The molecule has 1 unspecified atom stereocenters. The maximum absolute atomic E-state index is 13.1. The normalized spacial score (nSPS) is 27.9. The molecule has 1 atom stereocenters. The molecular formula is C25H32N6O4. The first-order chi connectivity index (χ1) is 16.8. The van der Waals surface area contributed by atoms with Gasteiger partial charge >= 0.3 is 0 Å². The van der Waals surface area contributed by atoms with Crippen molar-refractivity contribution in [3.63, 3.8) is 0 Å². The molecule has 35 heavy (non-hydrogen) atoms. The number of piperidine rings is 3. The number of nitrogens with one attached hydrogen (secondary N) is 1. The predicted octanol–water partition coefficient (Wildman–Crippen LogP) is 0.328. The number of hydrazine groups is 1. The van der Waals surface area contributed by atoms with Gasteiger partial charge in [-0.05, 0) is 55.7 Å². The van der Waals surface area contributed by atoms with E-state index in [0.29, 0.717) is 22.6 Å². The Balaban J connectivity index is 1.09. The predicted molar refractivity (Wildman–Crippen MR) is 127 cm³/mol. The van der Waals surface area contributed by atoms with Gasteiger partial charge in [-0.3, -0.25) is 40.1 Å². The number of nitrogens with zero attached hydrogens (tertiary/aromatic N) is 4. The summed E-state index contributed by atoms with van der Waals surface area (Å²) in [6.45, 7) is 6.12. The Bertz CT molecular complexity index is 1080. The molecule has 0 aromatic heterocycles. The van der Waals surface area contributed by atoms with Crippen molar-refractivity contribution in [1.82, 2.24) is 20.1 Å². The Kier molecular flexibility index (Phi) is 5.43. The number of hydrogen-bond donors (Lipinski definition) is 2. The van der Waals surface area contributed by atoms with Gasteiger partial charge in [-0.1, -0.05) is 0 Å². The Morgan fingerprint density at radius 2 is 1.57 bits per heavy atom. The maximum Gasteiger partial charge on any atom is 0.262 e. The lowest BCUT2D eigenvalue weighted by Crippen LogP contribution is -2.64. The molecular weight excluding hydrogens is 448 g/mol. The number of rotatable bonds is 3. The third-order valence-corrected chi connectivity index (χ3v) is 8.71. The Morgan fingerprint density at radius 1 is 0.886 bits per heavy atom. The Labute approximate surface area is 204 Å². The van der Waals surface area contributed by atoms with Crippen LogP contribution in [0.15, 0.2) is 18.2 Å². The van der Waals surface area contributed by atoms with Gasteiger partial charge in [0.2, 0.25) is 11.8 Å². The van der Waals surface area contributed by atoms with E-state index in [1.807, 2.05) is 11.1 Å². The Hall–Kier alpha value is -2.82. The summed E-state index contributed by atoms with van der Waals surface area (Å²) in [5.74, 6) is 4.04. The summed E-state index contributed by atoms with van der Waals surface area (Å²) in [5.41, 5.74) is 2.01. The van der Waals surface area contributed by atoms with Crippen molar-refractivity contribution in [2.75, 3.05) is 44.2 Å². The average molecular weight is 481 g/mol. The van der Waals surface area contributed by atoms with Crippen LogP contribution < -0.4 is 16.1 Å². The summed E-state index contributed by atoms with van der Waals surface area (Å²) < 4.78 is 0. The number of hydrogen-bond acceptors (Lipinski definition) is 8. The molecule has 186 valence electrons. The molecule has 10 nitrogen and oxygen atoms in total. The van der Waals surface area contributed by atoms with Crippen LogP contribution in [0.3, 0.4) is 0 Å². The van der Waals surface area contributed by atoms with E-state index < -0.39 is 23.8 Å². The molecule has 1 aromatic rings. The summed E-state index contributed by atoms with van der Waals surface area (Å²) in [5, 5.41) is 4.16.